The molecule has 2 aromatic carbocycles. The van der Waals surface area contributed by atoms with Crippen molar-refractivity contribution < 1.29 is 19.0 Å². The number of benzene rings is 2. The minimum absolute atomic E-state index is 0.0597. The third-order valence-electron chi connectivity index (χ3n) is 7.56. The van der Waals surface area contributed by atoms with Gasteiger partial charge in [-0.25, -0.2) is 9.78 Å². The lowest BCUT2D eigenvalue weighted by Gasteiger charge is -2.40. The van der Waals surface area contributed by atoms with Crippen LogP contribution in [0.25, 0.3) is 11.1 Å². The number of rotatable bonds is 10. The highest BCUT2D eigenvalue weighted by molar-refractivity contribution is 6.10. The molecule has 3 heterocycles. The van der Waals surface area contributed by atoms with Gasteiger partial charge in [-0.15, -0.1) is 0 Å². The molecular weight excluding hydrogens is 518 g/mol. The monoisotopic (exact) mass is 557 g/mol. The zero-order chi connectivity index (χ0) is 28.9. The Morgan fingerprint density at radius 3 is 2.46 bits per heavy atom. The van der Waals surface area contributed by atoms with Crippen LogP contribution in [-0.4, -0.2) is 75.9 Å². The number of hydrogen-bond acceptors (Lipinski definition) is 9. The number of methoxy groups -OCH3 is 1. The molecule has 0 spiro atoms. The molecule has 0 bridgehead atoms. The predicted molar refractivity (Wildman–Crippen MR) is 163 cm³/mol. The predicted octanol–water partition coefficient (Wildman–Crippen LogP) is 5.36. The highest BCUT2D eigenvalue weighted by Crippen LogP contribution is 2.35. The molecule has 5 rings (SSSR count). The molecule has 2 aliphatic heterocycles. The number of nitrogens with zero attached hydrogens (tertiary/aromatic N) is 3. The summed E-state index contributed by atoms with van der Waals surface area (Å²) in [7, 11) is 1.74. The van der Waals surface area contributed by atoms with E-state index in [0.29, 0.717) is 30.3 Å². The topological polar surface area (TPSA) is 100 Å². The van der Waals surface area contributed by atoms with Crippen LogP contribution in [-0.2, 0) is 14.2 Å². The van der Waals surface area contributed by atoms with Crippen molar-refractivity contribution in [3.05, 3.63) is 65.9 Å². The van der Waals surface area contributed by atoms with E-state index >= 15 is 0 Å². The van der Waals surface area contributed by atoms with Gasteiger partial charge in [0.05, 0.1) is 25.9 Å². The summed E-state index contributed by atoms with van der Waals surface area (Å²) in [6.07, 6.45) is 0.241. The van der Waals surface area contributed by atoms with Crippen LogP contribution < -0.4 is 15.1 Å². The summed E-state index contributed by atoms with van der Waals surface area (Å²) >= 11 is 0. The summed E-state index contributed by atoms with van der Waals surface area (Å²) in [6.45, 7) is 10.8. The number of morpholine rings is 1. The maximum absolute atomic E-state index is 13.0. The van der Waals surface area contributed by atoms with E-state index < -0.39 is 5.97 Å². The van der Waals surface area contributed by atoms with Crippen LogP contribution in [0, 0.1) is 11.3 Å². The van der Waals surface area contributed by atoms with Crippen molar-refractivity contribution in [2.75, 3.05) is 68.2 Å². The number of pyridine rings is 1. The quantitative estimate of drug-likeness (QED) is 0.254. The number of aromatic nitrogens is 1. The van der Waals surface area contributed by atoms with Crippen molar-refractivity contribution in [3.63, 3.8) is 0 Å². The normalized spacial score (nSPS) is 15.5. The van der Waals surface area contributed by atoms with Gasteiger partial charge in [-0.1, -0.05) is 32.0 Å². The van der Waals surface area contributed by atoms with Crippen LogP contribution in [0.5, 0.6) is 0 Å². The lowest BCUT2D eigenvalue weighted by Crippen LogP contribution is -2.51. The van der Waals surface area contributed by atoms with Gasteiger partial charge < -0.3 is 34.7 Å². The van der Waals surface area contributed by atoms with Gasteiger partial charge in [0, 0.05) is 61.6 Å². The third kappa shape index (κ3) is 6.36. The average Bonchev–Trinajstić information content (AvgIpc) is 2.97. The standard InChI is InChI=1S/C32H39N5O4/c1-5-41-32(38)28-18-27(22-9-11-24(12-10-22)36-13-15-40-16-14-36)29(30(33)21(2)3)31(35-28)34-23-7-6-8-25(17-23)37-19-26(20-37)39-4/h6-12,17-18,21,26,33H,5,13-16,19-20H2,1-4H3,(H,34,35). The molecule has 2 N–H and O–H groups in total. The van der Waals surface area contributed by atoms with E-state index in [1.165, 1.54) is 0 Å². The first-order valence-corrected chi connectivity index (χ1v) is 14.3. The Balaban J connectivity index is 1.56. The van der Waals surface area contributed by atoms with E-state index in [4.69, 9.17) is 24.6 Å². The molecule has 0 unspecified atom stereocenters. The largest absolute Gasteiger partial charge is 0.461 e. The molecule has 1 aromatic heterocycles. The molecule has 2 saturated heterocycles. The SMILES string of the molecule is CCOC(=O)c1cc(-c2ccc(N3CCOCC3)cc2)c(C(=N)C(C)C)c(Nc2cccc(N3CC(OC)C3)c2)n1. The second-order valence-corrected chi connectivity index (χ2v) is 10.7. The first-order valence-electron chi connectivity index (χ1n) is 14.3. The number of anilines is 4. The Morgan fingerprint density at radius 2 is 1.80 bits per heavy atom. The second kappa shape index (κ2) is 12.7. The summed E-state index contributed by atoms with van der Waals surface area (Å²) in [5.41, 5.74) is 5.98. The van der Waals surface area contributed by atoms with E-state index in [9.17, 15) is 4.79 Å². The van der Waals surface area contributed by atoms with Crippen molar-refractivity contribution in [2.45, 2.75) is 26.9 Å². The number of nitrogens with one attached hydrogen (secondary N) is 2. The smallest absolute Gasteiger partial charge is 0.357 e. The van der Waals surface area contributed by atoms with E-state index in [0.717, 1.165) is 54.4 Å². The lowest BCUT2D eigenvalue weighted by atomic mass is 9.91. The molecule has 0 amide bonds. The van der Waals surface area contributed by atoms with Gasteiger partial charge in [-0.2, -0.15) is 0 Å². The molecule has 41 heavy (non-hydrogen) atoms. The van der Waals surface area contributed by atoms with Gasteiger partial charge in [0.2, 0.25) is 0 Å². The molecule has 0 aliphatic carbocycles. The molecule has 216 valence electrons. The van der Waals surface area contributed by atoms with Gasteiger partial charge >= 0.3 is 5.97 Å². The lowest BCUT2D eigenvalue weighted by molar-refractivity contribution is 0.0519. The summed E-state index contributed by atoms with van der Waals surface area (Å²) < 4.78 is 16.3. The van der Waals surface area contributed by atoms with Crippen molar-refractivity contribution in [2.24, 2.45) is 5.92 Å². The van der Waals surface area contributed by atoms with Crippen LogP contribution in [0.1, 0.15) is 36.8 Å². The fourth-order valence-electron chi connectivity index (χ4n) is 5.12. The summed E-state index contributed by atoms with van der Waals surface area (Å²) in [6, 6.07) is 18.1. The zero-order valence-electron chi connectivity index (χ0n) is 24.3. The molecule has 3 aromatic rings. The third-order valence-corrected chi connectivity index (χ3v) is 7.56. The Hall–Kier alpha value is -3.95. The Morgan fingerprint density at radius 1 is 1.07 bits per heavy atom. The number of carbonyl (C=O) groups is 1. The summed E-state index contributed by atoms with van der Waals surface area (Å²) in [5.74, 6) is -0.100. The van der Waals surface area contributed by atoms with Crippen LogP contribution in [0.3, 0.4) is 0 Å². The molecule has 0 atom stereocenters. The van der Waals surface area contributed by atoms with Crippen molar-refractivity contribution in [1.29, 1.82) is 5.41 Å². The van der Waals surface area contributed by atoms with Gasteiger partial charge in [-0.3, -0.25) is 0 Å². The summed E-state index contributed by atoms with van der Waals surface area (Å²) in [5, 5.41) is 12.5. The fourth-order valence-corrected chi connectivity index (χ4v) is 5.12. The highest BCUT2D eigenvalue weighted by Gasteiger charge is 2.27. The fraction of sp³-hybridized carbons (Fsp3) is 0.406. The van der Waals surface area contributed by atoms with E-state index in [1.807, 2.05) is 38.1 Å². The van der Waals surface area contributed by atoms with Gasteiger partial charge in [-0.05, 0) is 60.4 Å². The second-order valence-electron chi connectivity index (χ2n) is 10.7. The molecule has 2 aliphatic rings. The Labute approximate surface area is 241 Å². The Bertz CT molecular complexity index is 1380. The van der Waals surface area contributed by atoms with Gasteiger partial charge in [0.15, 0.2) is 5.69 Å². The molecule has 2 fully saturated rings. The van der Waals surface area contributed by atoms with Crippen molar-refractivity contribution in [3.8, 4) is 11.1 Å². The molecule has 0 saturated carbocycles. The minimum atomic E-state index is -0.496. The number of carbonyl (C=O) groups excluding carboxylic acids is 1. The number of hydrogen-bond donors (Lipinski definition) is 2. The minimum Gasteiger partial charge on any atom is -0.461 e. The molecule has 9 heteroatoms. The molecular formula is C32H39N5O4. The van der Waals surface area contributed by atoms with Crippen LogP contribution >= 0.6 is 0 Å². The number of esters is 1. The number of ether oxygens (including phenoxy) is 3. The van der Waals surface area contributed by atoms with Crippen molar-refractivity contribution in [1.82, 2.24) is 4.98 Å². The van der Waals surface area contributed by atoms with E-state index in [2.05, 4.69) is 39.4 Å². The Kier molecular flexibility index (Phi) is 8.85. The van der Waals surface area contributed by atoms with Crippen LogP contribution in [0.15, 0.2) is 54.6 Å². The highest BCUT2D eigenvalue weighted by atomic mass is 16.5. The summed E-state index contributed by atoms with van der Waals surface area (Å²) in [4.78, 5) is 22.2. The first kappa shape index (κ1) is 28.6. The van der Waals surface area contributed by atoms with Gasteiger partial charge in [0.1, 0.15) is 5.82 Å². The average molecular weight is 558 g/mol. The van der Waals surface area contributed by atoms with Gasteiger partial charge in [0.25, 0.3) is 0 Å². The van der Waals surface area contributed by atoms with Crippen LogP contribution in [0.4, 0.5) is 22.9 Å². The molecule has 0 radical (unpaired) electrons. The maximum atomic E-state index is 13.0. The van der Waals surface area contributed by atoms with E-state index in [-0.39, 0.29) is 24.3 Å². The maximum Gasteiger partial charge on any atom is 0.357 e. The van der Waals surface area contributed by atoms with Crippen LogP contribution in [0.2, 0.25) is 0 Å². The zero-order valence-corrected chi connectivity index (χ0v) is 24.3. The molecule has 9 nitrogen and oxygen atoms in total. The first-order chi connectivity index (χ1) is 19.9. The van der Waals surface area contributed by atoms with E-state index in [1.54, 1.807) is 20.1 Å². The van der Waals surface area contributed by atoms with Crippen molar-refractivity contribution >= 4 is 34.6 Å².